The van der Waals surface area contributed by atoms with E-state index in [1.165, 1.54) is 0 Å². The molecule has 2 nitrogen and oxygen atoms in total. The zero-order valence-electron chi connectivity index (χ0n) is 7.79. The lowest BCUT2D eigenvalue weighted by atomic mass is 10.1. The zero-order valence-corrected chi connectivity index (χ0v) is 8.54. The van der Waals surface area contributed by atoms with Crippen molar-refractivity contribution >= 4 is 22.4 Å². The van der Waals surface area contributed by atoms with Crippen LogP contribution in [0.15, 0.2) is 24.4 Å². The number of fused-ring (bicyclic) bond motifs is 1. The highest BCUT2D eigenvalue weighted by molar-refractivity contribution is 6.34. The van der Waals surface area contributed by atoms with E-state index in [0.717, 1.165) is 17.4 Å². The number of aromatic hydroxyl groups is 1. The molecule has 0 aliphatic rings. The molecule has 0 atom stereocenters. The largest absolute Gasteiger partial charge is 0.507 e. The van der Waals surface area contributed by atoms with Gasteiger partial charge in [0.1, 0.15) is 10.9 Å². The summed E-state index contributed by atoms with van der Waals surface area (Å²) in [5.74, 6) is 0.190. The number of aromatic nitrogens is 1. The molecule has 1 N–H and O–H groups in total. The van der Waals surface area contributed by atoms with Crippen LogP contribution in [0.4, 0.5) is 0 Å². The van der Waals surface area contributed by atoms with Crippen molar-refractivity contribution in [1.82, 2.24) is 4.98 Å². The van der Waals surface area contributed by atoms with Crippen LogP contribution in [-0.2, 0) is 6.42 Å². The highest BCUT2D eigenvalue weighted by atomic mass is 35.5. The summed E-state index contributed by atoms with van der Waals surface area (Å²) >= 11 is 5.92. The highest BCUT2D eigenvalue weighted by Crippen LogP contribution is 2.31. The Morgan fingerprint density at radius 3 is 2.93 bits per heavy atom. The van der Waals surface area contributed by atoms with Crippen molar-refractivity contribution in [3.05, 3.63) is 35.1 Å². The lowest BCUT2D eigenvalue weighted by Gasteiger charge is -2.06. The van der Waals surface area contributed by atoms with Gasteiger partial charge in [-0.05, 0) is 23.4 Å². The Morgan fingerprint density at radius 2 is 2.21 bits per heavy atom. The molecule has 14 heavy (non-hydrogen) atoms. The number of pyridine rings is 1. The van der Waals surface area contributed by atoms with Crippen LogP contribution in [0, 0.1) is 0 Å². The van der Waals surface area contributed by atoms with Crippen molar-refractivity contribution in [3.8, 4) is 5.75 Å². The molecule has 2 aromatic rings. The Balaban J connectivity index is 2.91. The normalized spacial score (nSPS) is 10.7. The van der Waals surface area contributed by atoms with Crippen molar-refractivity contribution in [2.45, 2.75) is 13.3 Å². The Hall–Kier alpha value is -1.28. The van der Waals surface area contributed by atoms with E-state index >= 15 is 0 Å². The molecule has 0 amide bonds. The number of hydrogen-bond donors (Lipinski definition) is 1. The molecule has 0 aliphatic heterocycles. The van der Waals surface area contributed by atoms with Crippen molar-refractivity contribution in [1.29, 1.82) is 0 Å². The molecule has 72 valence electrons. The fraction of sp³-hybridized carbons (Fsp3) is 0.182. The lowest BCUT2D eigenvalue weighted by Crippen LogP contribution is -1.88. The third kappa shape index (κ3) is 1.32. The maximum atomic E-state index is 9.65. The molecule has 0 fully saturated rings. The van der Waals surface area contributed by atoms with Crippen LogP contribution < -0.4 is 0 Å². The summed E-state index contributed by atoms with van der Waals surface area (Å²) < 4.78 is 0. The number of hydrogen-bond acceptors (Lipinski definition) is 2. The first-order valence-electron chi connectivity index (χ1n) is 4.49. The van der Waals surface area contributed by atoms with Gasteiger partial charge in [-0.25, -0.2) is 4.98 Å². The number of aryl methyl sites for hydroxylation is 1. The van der Waals surface area contributed by atoms with Crippen LogP contribution in [-0.4, -0.2) is 10.1 Å². The van der Waals surface area contributed by atoms with Gasteiger partial charge in [0, 0.05) is 6.20 Å². The molecular formula is C11H10ClNO. The second-order valence-corrected chi connectivity index (χ2v) is 3.49. The van der Waals surface area contributed by atoms with Crippen molar-refractivity contribution in [3.63, 3.8) is 0 Å². The van der Waals surface area contributed by atoms with Gasteiger partial charge < -0.3 is 5.11 Å². The first kappa shape index (κ1) is 9.28. The molecule has 1 heterocycles. The Bertz CT molecular complexity index is 474. The minimum atomic E-state index is 0.190. The summed E-state index contributed by atoms with van der Waals surface area (Å²) in [6, 6.07) is 5.38. The van der Waals surface area contributed by atoms with Gasteiger partial charge in [0.25, 0.3) is 0 Å². The molecule has 0 bridgehead atoms. The summed E-state index contributed by atoms with van der Waals surface area (Å²) in [6.45, 7) is 2.05. The van der Waals surface area contributed by atoms with Gasteiger partial charge >= 0.3 is 0 Å². The molecule has 2 rings (SSSR count). The van der Waals surface area contributed by atoms with E-state index in [0.29, 0.717) is 10.5 Å². The summed E-state index contributed by atoms with van der Waals surface area (Å²) in [5, 5.41) is 11.6. The second kappa shape index (κ2) is 3.46. The minimum Gasteiger partial charge on any atom is -0.507 e. The van der Waals surface area contributed by atoms with Crippen LogP contribution in [0.25, 0.3) is 10.8 Å². The minimum absolute atomic E-state index is 0.190. The van der Waals surface area contributed by atoms with Crippen LogP contribution in [0.3, 0.4) is 0 Å². The molecule has 0 saturated heterocycles. The molecule has 0 radical (unpaired) electrons. The highest BCUT2D eigenvalue weighted by Gasteiger charge is 2.07. The zero-order chi connectivity index (χ0) is 10.1. The first-order valence-corrected chi connectivity index (χ1v) is 4.87. The number of halogens is 1. The summed E-state index contributed by atoms with van der Waals surface area (Å²) in [4.78, 5) is 4.04. The topological polar surface area (TPSA) is 33.1 Å². The van der Waals surface area contributed by atoms with Crippen molar-refractivity contribution in [2.24, 2.45) is 0 Å². The molecule has 0 unspecified atom stereocenters. The Kier molecular flexibility index (Phi) is 2.30. The fourth-order valence-electron chi connectivity index (χ4n) is 1.57. The third-order valence-electron chi connectivity index (χ3n) is 2.31. The van der Waals surface area contributed by atoms with E-state index in [9.17, 15) is 5.11 Å². The number of rotatable bonds is 1. The monoisotopic (exact) mass is 207 g/mol. The Labute approximate surface area is 87.2 Å². The third-order valence-corrected chi connectivity index (χ3v) is 2.60. The quantitative estimate of drug-likeness (QED) is 0.729. The maximum absolute atomic E-state index is 9.65. The van der Waals surface area contributed by atoms with E-state index in [1.807, 2.05) is 12.1 Å². The summed E-state index contributed by atoms with van der Waals surface area (Å²) in [7, 11) is 0. The average Bonchev–Trinajstić information content (AvgIpc) is 2.18. The summed E-state index contributed by atoms with van der Waals surface area (Å²) in [6.07, 6.45) is 2.63. The van der Waals surface area contributed by atoms with Gasteiger partial charge in [0.05, 0.1) is 5.39 Å². The number of benzene rings is 1. The van der Waals surface area contributed by atoms with Gasteiger partial charge in [-0.2, -0.15) is 0 Å². The molecule has 1 aromatic carbocycles. The molecule has 3 heteroatoms. The van der Waals surface area contributed by atoms with E-state index in [1.54, 1.807) is 12.3 Å². The van der Waals surface area contributed by atoms with Crippen LogP contribution in [0.5, 0.6) is 5.75 Å². The van der Waals surface area contributed by atoms with E-state index < -0.39 is 0 Å². The van der Waals surface area contributed by atoms with Crippen LogP contribution >= 0.6 is 11.6 Å². The second-order valence-electron chi connectivity index (χ2n) is 3.13. The maximum Gasteiger partial charge on any atom is 0.140 e. The van der Waals surface area contributed by atoms with Crippen LogP contribution in [0.2, 0.25) is 5.15 Å². The molecule has 0 aliphatic carbocycles. The average molecular weight is 208 g/mol. The van der Waals surface area contributed by atoms with Gasteiger partial charge in [-0.1, -0.05) is 30.7 Å². The van der Waals surface area contributed by atoms with E-state index in [4.69, 9.17) is 11.6 Å². The lowest BCUT2D eigenvalue weighted by molar-refractivity contribution is 0.481. The first-order chi connectivity index (χ1) is 6.74. The van der Waals surface area contributed by atoms with Gasteiger partial charge in [0.2, 0.25) is 0 Å². The van der Waals surface area contributed by atoms with Crippen molar-refractivity contribution in [2.75, 3.05) is 0 Å². The fourth-order valence-corrected chi connectivity index (χ4v) is 1.82. The predicted octanol–water partition coefficient (Wildman–Crippen LogP) is 3.16. The molecule has 1 aromatic heterocycles. The SMILES string of the molecule is CCc1cnc(Cl)c2c(O)cccc12. The number of phenolic OH excluding ortho intramolecular Hbond substituents is 1. The number of nitrogens with zero attached hydrogens (tertiary/aromatic N) is 1. The van der Waals surface area contributed by atoms with Gasteiger partial charge in [-0.15, -0.1) is 0 Å². The smallest absolute Gasteiger partial charge is 0.140 e. The van der Waals surface area contributed by atoms with E-state index in [-0.39, 0.29) is 5.75 Å². The molecule has 0 saturated carbocycles. The molecular weight excluding hydrogens is 198 g/mol. The standard InChI is InChI=1S/C11H10ClNO/c1-2-7-6-13-11(12)10-8(7)4-3-5-9(10)14/h3-6,14H,2H2,1H3. The van der Waals surface area contributed by atoms with E-state index in [2.05, 4.69) is 11.9 Å². The molecule has 0 spiro atoms. The van der Waals surface area contributed by atoms with Crippen molar-refractivity contribution < 1.29 is 5.11 Å². The summed E-state index contributed by atoms with van der Waals surface area (Å²) in [5.41, 5.74) is 1.10. The number of phenols is 1. The van der Waals surface area contributed by atoms with Gasteiger partial charge in [-0.3, -0.25) is 0 Å². The van der Waals surface area contributed by atoms with Crippen LogP contribution in [0.1, 0.15) is 12.5 Å². The Morgan fingerprint density at radius 1 is 1.43 bits per heavy atom. The predicted molar refractivity (Wildman–Crippen MR) is 57.8 cm³/mol. The van der Waals surface area contributed by atoms with Gasteiger partial charge in [0.15, 0.2) is 0 Å².